The normalized spacial score (nSPS) is 12.5. The third-order valence-corrected chi connectivity index (χ3v) is 5.63. The average molecular weight is 378 g/mol. The lowest BCUT2D eigenvalue weighted by molar-refractivity contribution is 0.488. The van der Waals surface area contributed by atoms with Gasteiger partial charge in [0, 0.05) is 27.9 Å². The molecule has 1 aliphatic rings. The number of pyridine rings is 1. The molecule has 142 valence electrons. The Balaban J connectivity index is 1.78. The molecular weight excluding hydrogens is 356 g/mol. The van der Waals surface area contributed by atoms with Gasteiger partial charge >= 0.3 is 0 Å². The zero-order valence-electron chi connectivity index (χ0n) is 17.1. The minimum atomic E-state index is -0.409. The van der Waals surface area contributed by atoms with Crippen molar-refractivity contribution in [2.45, 2.75) is 34.1 Å². The molecule has 0 saturated heterocycles. The molecule has 4 aromatic rings. The molecule has 2 heterocycles. The molecule has 5 rings (SSSR count). The lowest BCUT2D eigenvalue weighted by atomic mass is 9.86. The van der Waals surface area contributed by atoms with Crippen LogP contribution in [0, 0.1) is 30.6 Å². The number of fused-ring (bicyclic) bond motifs is 4. The first-order valence-electron chi connectivity index (χ1n) is 9.91. The largest absolute Gasteiger partial charge is 0.454 e. The first kappa shape index (κ1) is 17.7. The van der Waals surface area contributed by atoms with Crippen LogP contribution in [0.25, 0.3) is 32.8 Å². The number of nitrogens with zero attached hydrogens (tertiary/aromatic N) is 2. The molecule has 3 heteroatoms. The van der Waals surface area contributed by atoms with Gasteiger partial charge in [-0.2, -0.15) is 5.26 Å². The summed E-state index contributed by atoms with van der Waals surface area (Å²) in [5.74, 6) is 1.70. The molecule has 0 fully saturated rings. The Bertz CT molecular complexity index is 1350. The molecule has 0 amide bonds. The van der Waals surface area contributed by atoms with Gasteiger partial charge in [-0.15, -0.1) is 0 Å². The third-order valence-electron chi connectivity index (χ3n) is 5.63. The fourth-order valence-electron chi connectivity index (χ4n) is 4.33. The van der Waals surface area contributed by atoms with Crippen LogP contribution in [0.2, 0.25) is 0 Å². The maximum atomic E-state index is 9.42. The van der Waals surface area contributed by atoms with Gasteiger partial charge in [-0.3, -0.25) is 4.98 Å². The fourth-order valence-corrected chi connectivity index (χ4v) is 4.33. The van der Waals surface area contributed by atoms with Gasteiger partial charge in [-0.1, -0.05) is 24.3 Å². The zero-order chi connectivity index (χ0) is 20.3. The van der Waals surface area contributed by atoms with Gasteiger partial charge in [-0.05, 0) is 74.4 Å². The molecule has 1 aliphatic heterocycles. The number of benzene rings is 3. The van der Waals surface area contributed by atoms with E-state index < -0.39 is 5.41 Å². The standard InChI is InChI=1S/C26H22N2O/c1-15-7-19-8-16(2)10-22-23(19)21(9-15)24-25(29-22)20-11-17(12-26(3,4)14-27)5-6-18(20)13-28-24/h5-11,13H,12H2,1-4H3. The van der Waals surface area contributed by atoms with Gasteiger partial charge in [0.25, 0.3) is 0 Å². The molecular formula is C26H22N2O. The molecule has 0 spiro atoms. The number of nitriles is 1. The Hall–Kier alpha value is -3.38. The number of aryl methyl sites for hydroxylation is 2. The molecule has 3 nitrogen and oxygen atoms in total. The summed E-state index contributed by atoms with van der Waals surface area (Å²) in [7, 11) is 0. The summed E-state index contributed by atoms with van der Waals surface area (Å²) >= 11 is 0. The lowest BCUT2D eigenvalue weighted by Crippen LogP contribution is -2.11. The molecule has 0 unspecified atom stereocenters. The van der Waals surface area contributed by atoms with Gasteiger partial charge in [0.2, 0.25) is 0 Å². The van der Waals surface area contributed by atoms with Gasteiger partial charge in [0.05, 0.1) is 11.5 Å². The van der Waals surface area contributed by atoms with E-state index >= 15 is 0 Å². The van der Waals surface area contributed by atoms with Gasteiger partial charge in [0.1, 0.15) is 11.4 Å². The number of aromatic nitrogens is 1. The van der Waals surface area contributed by atoms with Crippen molar-refractivity contribution in [2.75, 3.05) is 0 Å². The monoisotopic (exact) mass is 378 g/mol. The molecule has 0 saturated carbocycles. The molecule has 1 aromatic heterocycles. The van der Waals surface area contributed by atoms with Gasteiger partial charge < -0.3 is 4.74 Å². The predicted octanol–water partition coefficient (Wildman–Crippen LogP) is 6.87. The Kier molecular flexibility index (Phi) is 3.70. The van der Waals surface area contributed by atoms with Crippen LogP contribution in [0.5, 0.6) is 11.5 Å². The predicted molar refractivity (Wildman–Crippen MR) is 117 cm³/mol. The highest BCUT2D eigenvalue weighted by Gasteiger charge is 2.25. The lowest BCUT2D eigenvalue weighted by Gasteiger charge is -2.23. The van der Waals surface area contributed by atoms with E-state index in [1.165, 1.54) is 16.5 Å². The quantitative estimate of drug-likeness (QED) is 0.337. The molecule has 0 atom stereocenters. The van der Waals surface area contributed by atoms with Crippen LogP contribution in [0.1, 0.15) is 30.5 Å². The summed E-state index contributed by atoms with van der Waals surface area (Å²) in [5, 5.41) is 13.8. The highest BCUT2D eigenvalue weighted by Crippen LogP contribution is 2.49. The van der Waals surface area contributed by atoms with E-state index in [1.54, 1.807) is 0 Å². The summed E-state index contributed by atoms with van der Waals surface area (Å²) in [4.78, 5) is 4.78. The van der Waals surface area contributed by atoms with Crippen LogP contribution >= 0.6 is 0 Å². The van der Waals surface area contributed by atoms with E-state index in [1.807, 2.05) is 20.0 Å². The Morgan fingerprint density at radius 2 is 1.76 bits per heavy atom. The van der Waals surface area contributed by atoms with Crippen molar-refractivity contribution < 1.29 is 4.74 Å². The second-order valence-electron chi connectivity index (χ2n) is 8.81. The first-order chi connectivity index (χ1) is 13.8. The van der Waals surface area contributed by atoms with Crippen molar-refractivity contribution in [3.05, 3.63) is 65.4 Å². The highest BCUT2D eigenvalue weighted by atomic mass is 16.5. The van der Waals surface area contributed by atoms with Crippen LogP contribution < -0.4 is 4.74 Å². The maximum Gasteiger partial charge on any atom is 0.161 e. The third kappa shape index (κ3) is 2.84. The van der Waals surface area contributed by atoms with Crippen molar-refractivity contribution in [3.63, 3.8) is 0 Å². The Labute approximate surface area is 170 Å². The summed E-state index contributed by atoms with van der Waals surface area (Å²) in [5.41, 5.74) is 5.12. The van der Waals surface area contributed by atoms with Crippen LogP contribution in [-0.2, 0) is 6.42 Å². The topological polar surface area (TPSA) is 45.9 Å². The van der Waals surface area contributed by atoms with Crippen LogP contribution in [0.4, 0.5) is 0 Å². The zero-order valence-corrected chi connectivity index (χ0v) is 17.1. The van der Waals surface area contributed by atoms with Gasteiger partial charge in [-0.25, -0.2) is 0 Å². The minimum absolute atomic E-state index is 0.409. The van der Waals surface area contributed by atoms with Crippen molar-refractivity contribution in [2.24, 2.45) is 5.41 Å². The van der Waals surface area contributed by atoms with E-state index in [9.17, 15) is 5.26 Å². The average Bonchev–Trinajstić information content (AvgIpc) is 2.67. The number of hydrogen-bond acceptors (Lipinski definition) is 3. The summed E-state index contributed by atoms with van der Waals surface area (Å²) in [6, 6.07) is 17.4. The molecule has 0 N–H and O–H groups in total. The molecule has 0 aliphatic carbocycles. The van der Waals surface area contributed by atoms with E-state index in [0.717, 1.165) is 44.5 Å². The fraction of sp³-hybridized carbons (Fsp3) is 0.231. The molecule has 0 radical (unpaired) electrons. The maximum absolute atomic E-state index is 9.42. The van der Waals surface area contributed by atoms with E-state index in [2.05, 4.69) is 62.4 Å². The van der Waals surface area contributed by atoms with E-state index in [-0.39, 0.29) is 0 Å². The number of hydrogen-bond donors (Lipinski definition) is 0. The van der Waals surface area contributed by atoms with Crippen LogP contribution in [-0.4, -0.2) is 4.98 Å². The number of rotatable bonds is 2. The summed E-state index contributed by atoms with van der Waals surface area (Å²) in [6.45, 7) is 8.16. The van der Waals surface area contributed by atoms with E-state index in [4.69, 9.17) is 9.72 Å². The van der Waals surface area contributed by atoms with Crippen molar-refractivity contribution in [3.8, 4) is 28.8 Å². The highest BCUT2D eigenvalue weighted by molar-refractivity contribution is 6.07. The van der Waals surface area contributed by atoms with Gasteiger partial charge in [0.15, 0.2) is 5.75 Å². The minimum Gasteiger partial charge on any atom is -0.454 e. The smallest absolute Gasteiger partial charge is 0.161 e. The van der Waals surface area contributed by atoms with Crippen molar-refractivity contribution in [1.82, 2.24) is 4.98 Å². The molecule has 3 aromatic carbocycles. The van der Waals surface area contributed by atoms with Crippen LogP contribution in [0.3, 0.4) is 0 Å². The Morgan fingerprint density at radius 1 is 1.00 bits per heavy atom. The summed E-state index contributed by atoms with van der Waals surface area (Å²) < 4.78 is 6.47. The first-order valence-corrected chi connectivity index (χ1v) is 9.91. The Morgan fingerprint density at radius 3 is 2.52 bits per heavy atom. The second kappa shape index (κ2) is 6.06. The molecule has 29 heavy (non-hydrogen) atoms. The summed E-state index contributed by atoms with van der Waals surface area (Å²) in [6.07, 6.45) is 2.62. The molecule has 0 bridgehead atoms. The number of ether oxygens (including phenoxy) is 1. The van der Waals surface area contributed by atoms with Crippen LogP contribution in [0.15, 0.2) is 48.7 Å². The SMILES string of the molecule is Cc1cc2c3c(cc(C)cc3c1)-c1ncc3ccc(CC(C)(C)C#N)cc3c1O2. The van der Waals surface area contributed by atoms with E-state index in [0.29, 0.717) is 6.42 Å². The van der Waals surface area contributed by atoms with Crippen molar-refractivity contribution >= 4 is 21.5 Å². The second-order valence-corrected chi connectivity index (χ2v) is 8.81. The van der Waals surface area contributed by atoms with Crippen molar-refractivity contribution in [1.29, 1.82) is 5.26 Å².